The third-order valence-corrected chi connectivity index (χ3v) is 3.12. The van der Waals surface area contributed by atoms with Gasteiger partial charge in [0, 0.05) is 5.56 Å². The van der Waals surface area contributed by atoms with E-state index in [1.807, 2.05) is 6.07 Å². The van der Waals surface area contributed by atoms with Gasteiger partial charge in [-0.05, 0) is 42.9 Å². The Bertz CT molecular complexity index is 345. The van der Waals surface area contributed by atoms with Crippen LogP contribution in [0.4, 0.5) is 0 Å². The van der Waals surface area contributed by atoms with Gasteiger partial charge in [0.1, 0.15) is 5.75 Å². The summed E-state index contributed by atoms with van der Waals surface area (Å²) in [5.41, 5.74) is 2.90. The smallest absolute Gasteiger partial charge is 0.124 e. The average molecular weight is 236 g/mol. The molecule has 2 N–H and O–H groups in total. The number of hydrogen-bond acceptors (Lipinski definition) is 2. The van der Waals surface area contributed by atoms with Crippen LogP contribution in [0.15, 0.2) is 12.1 Å². The van der Waals surface area contributed by atoms with Gasteiger partial charge in [-0.2, -0.15) is 0 Å². The van der Waals surface area contributed by atoms with Crippen LogP contribution in [0.3, 0.4) is 0 Å². The molecule has 0 bridgehead atoms. The molecule has 0 aliphatic carbocycles. The highest BCUT2D eigenvalue weighted by molar-refractivity contribution is 5.43. The number of aromatic hydroxyl groups is 1. The van der Waals surface area contributed by atoms with Crippen molar-refractivity contribution in [3.05, 3.63) is 28.8 Å². The lowest BCUT2D eigenvalue weighted by Crippen LogP contribution is -1.96. The van der Waals surface area contributed by atoms with Gasteiger partial charge in [0.25, 0.3) is 0 Å². The minimum Gasteiger partial charge on any atom is -0.507 e. The van der Waals surface area contributed by atoms with Gasteiger partial charge in [-0.15, -0.1) is 0 Å². The number of phenols is 1. The number of benzene rings is 1. The Morgan fingerprint density at radius 1 is 0.941 bits per heavy atom. The standard InChI is InChI=1S/C15H24O2/c1-3-5-7-12-9-13(8-6-4-2)15(17)14(10-12)11-16/h9-10,16-17H,3-8,11H2,1-2H3. The van der Waals surface area contributed by atoms with E-state index in [4.69, 9.17) is 0 Å². The summed E-state index contributed by atoms with van der Waals surface area (Å²) in [6, 6.07) is 4.03. The lowest BCUT2D eigenvalue weighted by atomic mass is 9.97. The second-order valence-electron chi connectivity index (χ2n) is 4.63. The monoisotopic (exact) mass is 236 g/mol. The molecule has 1 aromatic carbocycles. The summed E-state index contributed by atoms with van der Waals surface area (Å²) in [4.78, 5) is 0. The largest absolute Gasteiger partial charge is 0.507 e. The Morgan fingerprint density at radius 3 is 2.12 bits per heavy atom. The molecule has 0 radical (unpaired) electrons. The van der Waals surface area contributed by atoms with Crippen molar-refractivity contribution in [2.24, 2.45) is 0 Å². The van der Waals surface area contributed by atoms with Crippen molar-refractivity contribution in [2.75, 3.05) is 0 Å². The number of unbranched alkanes of at least 4 members (excludes halogenated alkanes) is 2. The lowest BCUT2D eigenvalue weighted by molar-refractivity contribution is 0.275. The van der Waals surface area contributed by atoms with Crippen molar-refractivity contribution in [3.8, 4) is 5.75 Å². The maximum absolute atomic E-state index is 10.0. The van der Waals surface area contributed by atoms with Crippen LogP contribution < -0.4 is 0 Å². The van der Waals surface area contributed by atoms with Crippen molar-refractivity contribution in [2.45, 2.75) is 59.0 Å². The fourth-order valence-electron chi connectivity index (χ4n) is 2.04. The van der Waals surface area contributed by atoms with E-state index < -0.39 is 0 Å². The molecule has 0 heterocycles. The van der Waals surface area contributed by atoms with Gasteiger partial charge < -0.3 is 10.2 Å². The van der Waals surface area contributed by atoms with E-state index in [-0.39, 0.29) is 6.61 Å². The minimum absolute atomic E-state index is 0.0784. The molecular weight excluding hydrogens is 212 g/mol. The quantitative estimate of drug-likeness (QED) is 0.759. The summed E-state index contributed by atoms with van der Waals surface area (Å²) in [7, 11) is 0. The molecule has 2 nitrogen and oxygen atoms in total. The zero-order valence-electron chi connectivity index (χ0n) is 11.0. The SMILES string of the molecule is CCCCc1cc(CO)c(O)c(CCCC)c1. The fraction of sp³-hybridized carbons (Fsp3) is 0.600. The van der Waals surface area contributed by atoms with E-state index in [0.717, 1.165) is 37.7 Å². The van der Waals surface area contributed by atoms with Crippen molar-refractivity contribution >= 4 is 0 Å². The molecule has 1 rings (SSSR count). The van der Waals surface area contributed by atoms with E-state index in [1.165, 1.54) is 12.0 Å². The van der Waals surface area contributed by atoms with Gasteiger partial charge in [-0.25, -0.2) is 0 Å². The molecule has 0 saturated carbocycles. The molecule has 17 heavy (non-hydrogen) atoms. The zero-order chi connectivity index (χ0) is 12.7. The van der Waals surface area contributed by atoms with Crippen LogP contribution in [0, 0.1) is 0 Å². The normalized spacial score (nSPS) is 10.8. The molecule has 0 aliphatic rings. The minimum atomic E-state index is -0.0784. The fourth-order valence-corrected chi connectivity index (χ4v) is 2.04. The van der Waals surface area contributed by atoms with E-state index in [1.54, 1.807) is 0 Å². The molecular formula is C15H24O2. The Morgan fingerprint density at radius 2 is 1.53 bits per heavy atom. The van der Waals surface area contributed by atoms with Gasteiger partial charge in [0.05, 0.1) is 6.61 Å². The van der Waals surface area contributed by atoms with Crippen molar-refractivity contribution in [1.82, 2.24) is 0 Å². The summed E-state index contributed by atoms with van der Waals surface area (Å²) in [5.74, 6) is 0.293. The second-order valence-corrected chi connectivity index (χ2v) is 4.63. The maximum atomic E-state index is 10.0. The van der Waals surface area contributed by atoms with E-state index in [9.17, 15) is 10.2 Å². The first-order chi connectivity index (χ1) is 8.22. The van der Waals surface area contributed by atoms with Crippen LogP contribution in [0.2, 0.25) is 0 Å². The summed E-state index contributed by atoms with van der Waals surface area (Å²) >= 11 is 0. The average Bonchev–Trinajstić information content (AvgIpc) is 2.35. The molecule has 1 aromatic rings. The molecule has 0 amide bonds. The van der Waals surface area contributed by atoms with Crippen LogP contribution >= 0.6 is 0 Å². The van der Waals surface area contributed by atoms with Crippen molar-refractivity contribution < 1.29 is 10.2 Å². The van der Waals surface area contributed by atoms with Gasteiger partial charge in [-0.1, -0.05) is 32.8 Å². The van der Waals surface area contributed by atoms with Crippen molar-refractivity contribution in [1.29, 1.82) is 0 Å². The van der Waals surface area contributed by atoms with Crippen LogP contribution in [-0.4, -0.2) is 10.2 Å². The maximum Gasteiger partial charge on any atom is 0.124 e. The molecule has 96 valence electrons. The third-order valence-electron chi connectivity index (χ3n) is 3.12. The molecule has 0 aromatic heterocycles. The van der Waals surface area contributed by atoms with Gasteiger partial charge >= 0.3 is 0 Å². The topological polar surface area (TPSA) is 40.5 Å². The highest BCUT2D eigenvalue weighted by Gasteiger charge is 2.09. The van der Waals surface area contributed by atoms with E-state index in [2.05, 4.69) is 19.9 Å². The molecule has 2 heteroatoms. The number of rotatable bonds is 7. The van der Waals surface area contributed by atoms with Crippen LogP contribution in [-0.2, 0) is 19.4 Å². The van der Waals surface area contributed by atoms with Crippen LogP contribution in [0.1, 0.15) is 56.2 Å². The van der Waals surface area contributed by atoms with Crippen LogP contribution in [0.25, 0.3) is 0 Å². The van der Waals surface area contributed by atoms with Gasteiger partial charge in [0.2, 0.25) is 0 Å². The Balaban J connectivity index is 2.92. The Labute approximate surface area is 104 Å². The lowest BCUT2D eigenvalue weighted by Gasteiger charge is -2.11. The Hall–Kier alpha value is -1.02. The second kappa shape index (κ2) is 7.33. The van der Waals surface area contributed by atoms with Crippen molar-refractivity contribution in [3.63, 3.8) is 0 Å². The van der Waals surface area contributed by atoms with E-state index >= 15 is 0 Å². The molecule has 0 aliphatic heterocycles. The first-order valence-corrected chi connectivity index (χ1v) is 6.67. The van der Waals surface area contributed by atoms with E-state index in [0.29, 0.717) is 11.3 Å². The molecule has 0 fully saturated rings. The highest BCUT2D eigenvalue weighted by Crippen LogP contribution is 2.27. The summed E-state index contributed by atoms with van der Waals surface area (Å²) in [6.07, 6.45) is 6.45. The number of aliphatic hydroxyl groups is 1. The molecule has 0 unspecified atom stereocenters. The first-order valence-electron chi connectivity index (χ1n) is 6.67. The van der Waals surface area contributed by atoms with Gasteiger partial charge in [0.15, 0.2) is 0 Å². The molecule has 0 spiro atoms. The summed E-state index contributed by atoms with van der Waals surface area (Å²) in [5, 5.41) is 19.3. The predicted molar refractivity (Wildman–Crippen MR) is 71.3 cm³/mol. The highest BCUT2D eigenvalue weighted by atomic mass is 16.3. The predicted octanol–water partition coefficient (Wildman–Crippen LogP) is 3.57. The zero-order valence-corrected chi connectivity index (χ0v) is 11.0. The molecule has 0 atom stereocenters. The van der Waals surface area contributed by atoms with Crippen LogP contribution in [0.5, 0.6) is 5.75 Å². The number of aliphatic hydroxyl groups excluding tert-OH is 1. The first kappa shape index (κ1) is 14.0. The van der Waals surface area contributed by atoms with Gasteiger partial charge in [-0.3, -0.25) is 0 Å². The summed E-state index contributed by atoms with van der Waals surface area (Å²) in [6.45, 7) is 4.24. The number of hydrogen-bond donors (Lipinski definition) is 2. The summed E-state index contributed by atoms with van der Waals surface area (Å²) < 4.78 is 0. The molecule has 0 saturated heterocycles. The number of aryl methyl sites for hydroxylation is 2. The third kappa shape index (κ3) is 4.04. The Kier molecular flexibility index (Phi) is 6.06.